The maximum Gasteiger partial charge on any atom is 0.253 e. The Balaban J connectivity index is 1.10. The Bertz CT molecular complexity index is 1680. The molecule has 1 saturated heterocycles. The lowest BCUT2D eigenvalue weighted by Crippen LogP contribution is -2.50. The molecular formula is C34H32FN3O3. The number of halogens is 1. The number of hydrogen-bond donors (Lipinski definition) is 1. The minimum Gasteiger partial charge on any atom is -0.383 e. The molecule has 6 nitrogen and oxygen atoms in total. The lowest BCUT2D eigenvalue weighted by atomic mass is 9.82. The second kappa shape index (κ2) is 11.3. The number of rotatable bonds is 8. The van der Waals surface area contributed by atoms with Crippen molar-refractivity contribution >= 4 is 17.4 Å². The molecule has 1 atom stereocenters. The van der Waals surface area contributed by atoms with Gasteiger partial charge >= 0.3 is 0 Å². The fraction of sp³-hybridized carbons (Fsp3) is 0.265. The predicted molar refractivity (Wildman–Crippen MR) is 156 cm³/mol. The molecule has 3 aromatic carbocycles. The molecule has 2 amide bonds. The molecule has 0 spiro atoms. The van der Waals surface area contributed by atoms with Gasteiger partial charge in [-0.15, -0.1) is 0 Å². The van der Waals surface area contributed by atoms with Crippen LogP contribution in [0.5, 0.6) is 0 Å². The molecule has 0 aromatic heterocycles. The van der Waals surface area contributed by atoms with E-state index in [0.717, 1.165) is 58.1 Å². The van der Waals surface area contributed by atoms with Crippen LogP contribution in [0.1, 0.15) is 34.1 Å². The van der Waals surface area contributed by atoms with Gasteiger partial charge in [0.15, 0.2) is 0 Å². The molecule has 208 valence electrons. The third kappa shape index (κ3) is 5.37. The van der Waals surface area contributed by atoms with Crippen molar-refractivity contribution in [1.29, 1.82) is 0 Å². The van der Waals surface area contributed by atoms with E-state index in [1.54, 1.807) is 19.2 Å². The highest BCUT2D eigenvalue weighted by Gasteiger charge is 2.33. The van der Waals surface area contributed by atoms with Crippen molar-refractivity contribution in [1.82, 2.24) is 10.2 Å². The Morgan fingerprint density at radius 1 is 1.00 bits per heavy atom. The van der Waals surface area contributed by atoms with Gasteiger partial charge in [-0.05, 0) is 78.3 Å². The predicted octanol–water partition coefficient (Wildman–Crippen LogP) is 4.28. The van der Waals surface area contributed by atoms with E-state index in [9.17, 15) is 14.0 Å². The molecule has 0 bridgehead atoms. The van der Waals surface area contributed by atoms with Gasteiger partial charge in [-0.25, -0.2) is 9.38 Å². The topological polar surface area (TPSA) is 71.0 Å². The highest BCUT2D eigenvalue weighted by Crippen LogP contribution is 2.35. The molecule has 7 heteroatoms. The van der Waals surface area contributed by atoms with Crippen LogP contribution >= 0.6 is 0 Å². The van der Waals surface area contributed by atoms with Gasteiger partial charge in [0.25, 0.3) is 11.8 Å². The van der Waals surface area contributed by atoms with Crippen LogP contribution in [-0.4, -0.2) is 50.1 Å². The molecule has 3 aliphatic rings. The molecule has 1 fully saturated rings. The molecule has 1 unspecified atom stereocenters. The first-order valence-electron chi connectivity index (χ1n) is 14.0. The van der Waals surface area contributed by atoms with E-state index in [0.29, 0.717) is 30.2 Å². The first kappa shape index (κ1) is 26.8. The third-order valence-electron chi connectivity index (χ3n) is 8.02. The van der Waals surface area contributed by atoms with Gasteiger partial charge in [0.1, 0.15) is 5.82 Å². The van der Waals surface area contributed by atoms with Gasteiger partial charge in [0.2, 0.25) is 0 Å². The van der Waals surface area contributed by atoms with Crippen LogP contribution in [0, 0.1) is 17.7 Å². The van der Waals surface area contributed by atoms with Crippen LogP contribution in [0.15, 0.2) is 95.1 Å². The fourth-order valence-corrected chi connectivity index (χ4v) is 5.97. The fourth-order valence-electron chi connectivity index (χ4n) is 5.97. The average Bonchev–Trinajstić information content (AvgIpc) is 3.34. The maximum atomic E-state index is 13.2. The lowest BCUT2D eigenvalue weighted by Gasteiger charge is -2.40. The molecule has 6 rings (SSSR count). The SMILES string of the molecule is COCCNC(=O)c1cccc2c1=C1C(C)=CC(CC3CN(C(=O)c4ccc(-c5ccc(F)cc5)cc4)C3)C=C1N=2. The number of likely N-dealkylation sites (tertiary alicyclic amines) is 1. The van der Waals surface area contributed by atoms with Crippen LogP contribution in [0.2, 0.25) is 0 Å². The number of methoxy groups -OCH3 is 1. The summed E-state index contributed by atoms with van der Waals surface area (Å²) >= 11 is 0. The molecular weight excluding hydrogens is 517 g/mol. The van der Waals surface area contributed by atoms with E-state index in [-0.39, 0.29) is 23.5 Å². The first-order chi connectivity index (χ1) is 19.9. The van der Waals surface area contributed by atoms with E-state index >= 15 is 0 Å². The van der Waals surface area contributed by atoms with Crippen molar-refractivity contribution in [3.8, 4) is 11.1 Å². The van der Waals surface area contributed by atoms with Crippen molar-refractivity contribution in [2.45, 2.75) is 13.3 Å². The van der Waals surface area contributed by atoms with Gasteiger partial charge in [-0.2, -0.15) is 0 Å². The van der Waals surface area contributed by atoms with Gasteiger partial charge in [0.05, 0.1) is 17.7 Å². The molecule has 0 radical (unpaired) electrons. The quantitative estimate of drug-likeness (QED) is 0.427. The molecule has 3 aromatic rings. The van der Waals surface area contributed by atoms with Gasteiger partial charge in [-0.1, -0.05) is 42.5 Å². The second-order valence-corrected chi connectivity index (χ2v) is 10.9. The van der Waals surface area contributed by atoms with Crippen LogP contribution < -0.4 is 15.9 Å². The highest BCUT2D eigenvalue weighted by atomic mass is 19.1. The summed E-state index contributed by atoms with van der Waals surface area (Å²) in [4.78, 5) is 32.7. The Hall–Kier alpha value is -4.36. The summed E-state index contributed by atoms with van der Waals surface area (Å²) in [5.74, 6) is 0.284. The number of benzene rings is 3. The van der Waals surface area contributed by atoms with Crippen molar-refractivity contribution in [2.24, 2.45) is 16.8 Å². The summed E-state index contributed by atoms with van der Waals surface area (Å²) in [6, 6.07) is 19.5. The second-order valence-electron chi connectivity index (χ2n) is 10.9. The summed E-state index contributed by atoms with van der Waals surface area (Å²) in [5.41, 5.74) is 6.24. The zero-order valence-electron chi connectivity index (χ0n) is 23.2. The van der Waals surface area contributed by atoms with Gasteiger partial charge < -0.3 is 15.0 Å². The van der Waals surface area contributed by atoms with Crippen molar-refractivity contribution in [3.05, 3.63) is 118 Å². The number of nitrogens with one attached hydrogen (secondary N) is 1. The zero-order chi connectivity index (χ0) is 28.5. The van der Waals surface area contributed by atoms with E-state index in [1.807, 2.05) is 47.4 Å². The van der Waals surface area contributed by atoms with Gasteiger partial charge in [0, 0.05) is 48.7 Å². The summed E-state index contributed by atoms with van der Waals surface area (Å²) in [5, 5.41) is 4.64. The van der Waals surface area contributed by atoms with E-state index in [1.165, 1.54) is 12.1 Å². The number of ether oxygens (including phenoxy) is 1. The van der Waals surface area contributed by atoms with Gasteiger partial charge in [-0.3, -0.25) is 9.59 Å². The number of amides is 2. The standard InChI is InChI=1S/C34H32FN3O3/c1-21-16-22(18-30-31(21)32-28(4-3-5-29(32)37-30)33(39)36-14-15-41-2)17-23-19-38(20-23)34(40)26-8-6-24(7-9-26)25-10-12-27(35)13-11-25/h3-13,16,18,22-23H,14-15,17,19-20H2,1-2H3,(H,36,39). The number of hydrogen-bond acceptors (Lipinski definition) is 4. The van der Waals surface area contributed by atoms with Crippen molar-refractivity contribution in [2.75, 3.05) is 33.4 Å². The summed E-state index contributed by atoms with van der Waals surface area (Å²) in [6.07, 6.45) is 5.41. The largest absolute Gasteiger partial charge is 0.383 e. The zero-order valence-corrected chi connectivity index (χ0v) is 23.2. The normalized spacial score (nSPS) is 17.6. The van der Waals surface area contributed by atoms with Crippen LogP contribution in [0.4, 0.5) is 4.39 Å². The number of nitrogens with zero attached hydrogens (tertiary/aromatic N) is 2. The molecule has 0 saturated carbocycles. The smallest absolute Gasteiger partial charge is 0.253 e. The Kier molecular flexibility index (Phi) is 7.37. The summed E-state index contributed by atoms with van der Waals surface area (Å²) in [7, 11) is 1.61. The van der Waals surface area contributed by atoms with Crippen molar-refractivity contribution in [3.63, 3.8) is 0 Å². The van der Waals surface area contributed by atoms with Crippen molar-refractivity contribution < 1.29 is 18.7 Å². The summed E-state index contributed by atoms with van der Waals surface area (Å²) in [6.45, 7) is 4.45. The number of allylic oxidation sites excluding steroid dienone is 3. The Labute approximate surface area is 238 Å². The van der Waals surface area contributed by atoms with Crippen LogP contribution in [0.3, 0.4) is 0 Å². The molecule has 1 N–H and O–H groups in total. The van der Waals surface area contributed by atoms with E-state index in [4.69, 9.17) is 9.73 Å². The molecule has 1 aliphatic carbocycles. The molecule has 2 heterocycles. The minimum atomic E-state index is -0.267. The lowest BCUT2D eigenvalue weighted by molar-refractivity contribution is 0.0473. The minimum absolute atomic E-state index is 0.0359. The number of fused-ring (bicyclic) bond motifs is 2. The summed E-state index contributed by atoms with van der Waals surface area (Å²) < 4.78 is 18.3. The average molecular weight is 550 g/mol. The van der Waals surface area contributed by atoms with E-state index in [2.05, 4.69) is 24.4 Å². The number of carbonyl (C=O) groups excluding carboxylic acids is 2. The van der Waals surface area contributed by atoms with Crippen LogP contribution in [-0.2, 0) is 4.74 Å². The molecule has 41 heavy (non-hydrogen) atoms. The molecule has 2 aliphatic heterocycles. The van der Waals surface area contributed by atoms with Crippen LogP contribution in [0.25, 0.3) is 16.7 Å². The first-order valence-corrected chi connectivity index (χ1v) is 14.0. The maximum absolute atomic E-state index is 13.2. The Morgan fingerprint density at radius 2 is 1.71 bits per heavy atom. The highest BCUT2D eigenvalue weighted by molar-refractivity contribution is 5.97. The monoisotopic (exact) mass is 549 g/mol. The Morgan fingerprint density at radius 3 is 2.41 bits per heavy atom. The number of carbonyl (C=O) groups is 2. The third-order valence-corrected chi connectivity index (χ3v) is 8.02. The van der Waals surface area contributed by atoms with E-state index < -0.39 is 0 Å².